The van der Waals surface area contributed by atoms with Gasteiger partial charge in [0.25, 0.3) is 0 Å². The predicted octanol–water partition coefficient (Wildman–Crippen LogP) is 2.59. The summed E-state index contributed by atoms with van der Waals surface area (Å²) in [5.74, 6) is -2.08. The van der Waals surface area contributed by atoms with Gasteiger partial charge in [0.05, 0.1) is 11.2 Å². The Labute approximate surface area is 216 Å². The molecule has 0 radical (unpaired) electrons. The van der Waals surface area contributed by atoms with Crippen molar-refractivity contribution in [3.63, 3.8) is 0 Å². The second-order valence-corrected chi connectivity index (χ2v) is 10.0. The Kier molecular flexibility index (Phi) is 8.19. The summed E-state index contributed by atoms with van der Waals surface area (Å²) in [6.07, 6.45) is -0.794. The third-order valence-corrected chi connectivity index (χ3v) is 6.73. The average molecular weight is 512 g/mol. The predicted molar refractivity (Wildman–Crippen MR) is 136 cm³/mol. The number of phenolic OH excluding ortho intramolecular Hbond substituents is 1. The van der Waals surface area contributed by atoms with Gasteiger partial charge in [-0.05, 0) is 51.8 Å². The van der Waals surface area contributed by atoms with Crippen LogP contribution in [0.15, 0.2) is 48.5 Å². The summed E-state index contributed by atoms with van der Waals surface area (Å²) in [5, 5.41) is 22.3. The third-order valence-electron chi connectivity index (χ3n) is 6.73. The number of carbonyl (C=O) groups excluding carboxylic acids is 2. The standard InChI is InChI=1S/C26H33BN2O8/c1-16(23(32)33)28-22(31)21(29(6)24(34)35-15-17-10-8-7-9-11-17)18-12-13-20(30)19(14-18)27-36-25(2,3)26(4,5)37-27/h7-14,16,21,30H,15H2,1-6H3,(H,28,31)(H,32,33)/t16-,21-/m0/s1. The molecule has 10 nitrogen and oxygen atoms in total. The fraction of sp³-hybridized carbons (Fsp3) is 0.423. The van der Waals surface area contributed by atoms with E-state index in [9.17, 15) is 24.6 Å². The van der Waals surface area contributed by atoms with Crippen molar-refractivity contribution in [2.75, 3.05) is 7.05 Å². The summed E-state index contributed by atoms with van der Waals surface area (Å²) in [6.45, 7) is 8.78. The Bertz CT molecular complexity index is 1140. The van der Waals surface area contributed by atoms with Crippen LogP contribution in [-0.2, 0) is 30.2 Å². The lowest BCUT2D eigenvalue weighted by atomic mass is 9.77. The Morgan fingerprint density at radius 3 is 2.22 bits per heavy atom. The highest BCUT2D eigenvalue weighted by atomic mass is 16.7. The van der Waals surface area contributed by atoms with Crippen molar-refractivity contribution in [1.29, 1.82) is 0 Å². The van der Waals surface area contributed by atoms with Crippen LogP contribution in [0.25, 0.3) is 0 Å². The van der Waals surface area contributed by atoms with Crippen LogP contribution in [0.4, 0.5) is 4.79 Å². The summed E-state index contributed by atoms with van der Waals surface area (Å²) in [5.41, 5.74) is -0.0157. The maximum atomic E-state index is 13.3. The zero-order valence-corrected chi connectivity index (χ0v) is 21.8. The van der Waals surface area contributed by atoms with E-state index in [-0.39, 0.29) is 17.8 Å². The van der Waals surface area contributed by atoms with Gasteiger partial charge in [-0.15, -0.1) is 0 Å². The van der Waals surface area contributed by atoms with Gasteiger partial charge >= 0.3 is 19.2 Å². The molecule has 0 aromatic heterocycles. The smallest absolute Gasteiger partial charge is 0.498 e. The van der Waals surface area contributed by atoms with Gasteiger partial charge in [0.1, 0.15) is 24.4 Å². The number of nitrogens with zero attached hydrogens (tertiary/aromatic N) is 1. The quantitative estimate of drug-likeness (QED) is 0.460. The van der Waals surface area contributed by atoms with Crippen LogP contribution in [0.3, 0.4) is 0 Å². The maximum Gasteiger partial charge on any atom is 0.498 e. The summed E-state index contributed by atoms with van der Waals surface area (Å²) in [7, 11) is 0.451. The van der Waals surface area contributed by atoms with Crippen LogP contribution in [0.2, 0.25) is 0 Å². The number of amides is 2. The largest absolute Gasteiger partial charge is 0.508 e. The Morgan fingerprint density at radius 2 is 1.65 bits per heavy atom. The molecule has 1 fully saturated rings. The minimum atomic E-state index is -1.27. The molecule has 3 N–H and O–H groups in total. The van der Waals surface area contributed by atoms with Gasteiger partial charge < -0.3 is 29.6 Å². The highest BCUT2D eigenvalue weighted by Gasteiger charge is 2.52. The fourth-order valence-corrected chi connectivity index (χ4v) is 3.73. The first-order valence-corrected chi connectivity index (χ1v) is 11.9. The minimum absolute atomic E-state index is 0.0152. The molecule has 1 heterocycles. The van der Waals surface area contributed by atoms with Crippen LogP contribution in [-0.4, -0.2) is 64.5 Å². The molecule has 11 heteroatoms. The Hall–Kier alpha value is -3.57. The maximum absolute atomic E-state index is 13.3. The van der Waals surface area contributed by atoms with E-state index in [0.29, 0.717) is 5.56 Å². The lowest BCUT2D eigenvalue weighted by Gasteiger charge is -2.32. The molecule has 0 aliphatic carbocycles. The molecule has 37 heavy (non-hydrogen) atoms. The van der Waals surface area contributed by atoms with Crippen molar-refractivity contribution in [2.45, 2.75) is 64.5 Å². The SMILES string of the molecule is C[C@H](NC(=O)[C@H](c1ccc(O)c(B2OC(C)(C)C(C)(C)O2)c1)N(C)C(=O)OCc1ccccc1)C(=O)O. The van der Waals surface area contributed by atoms with Gasteiger partial charge in [-0.2, -0.15) is 0 Å². The third kappa shape index (κ3) is 6.23. The van der Waals surface area contributed by atoms with Crippen LogP contribution in [0.1, 0.15) is 51.8 Å². The molecule has 0 bridgehead atoms. The van der Waals surface area contributed by atoms with Crippen molar-refractivity contribution in [2.24, 2.45) is 0 Å². The van der Waals surface area contributed by atoms with Crippen molar-refractivity contribution in [3.05, 3.63) is 59.7 Å². The molecule has 198 valence electrons. The van der Waals surface area contributed by atoms with Crippen LogP contribution in [0, 0.1) is 0 Å². The Morgan fingerprint density at radius 1 is 1.05 bits per heavy atom. The number of rotatable bonds is 8. The van der Waals surface area contributed by atoms with Gasteiger partial charge in [0, 0.05) is 12.5 Å². The molecule has 2 amide bonds. The molecule has 1 aliphatic heterocycles. The lowest BCUT2D eigenvalue weighted by Crippen LogP contribution is -2.47. The van der Waals surface area contributed by atoms with Gasteiger partial charge in [-0.25, -0.2) is 4.79 Å². The number of likely N-dealkylation sites (N-methyl/N-ethyl adjacent to an activating group) is 1. The van der Waals surface area contributed by atoms with E-state index in [2.05, 4.69) is 5.32 Å². The summed E-state index contributed by atoms with van der Waals surface area (Å²) < 4.78 is 17.5. The monoisotopic (exact) mass is 512 g/mol. The van der Waals surface area contributed by atoms with E-state index in [0.717, 1.165) is 10.5 Å². The number of hydrogen-bond acceptors (Lipinski definition) is 7. The second kappa shape index (κ2) is 10.8. The van der Waals surface area contributed by atoms with E-state index >= 15 is 0 Å². The number of carboxylic acid groups (broad SMARTS) is 1. The van der Waals surface area contributed by atoms with E-state index in [4.69, 9.17) is 14.0 Å². The highest BCUT2D eigenvalue weighted by molar-refractivity contribution is 6.63. The first-order chi connectivity index (χ1) is 17.2. The minimum Gasteiger partial charge on any atom is -0.508 e. The number of aliphatic carboxylic acids is 1. The number of ether oxygens (including phenoxy) is 1. The Balaban J connectivity index is 1.93. The summed E-state index contributed by atoms with van der Waals surface area (Å²) >= 11 is 0. The van der Waals surface area contributed by atoms with Crippen molar-refractivity contribution >= 4 is 30.6 Å². The molecule has 0 saturated carbocycles. The van der Waals surface area contributed by atoms with Gasteiger partial charge in [-0.3, -0.25) is 14.5 Å². The van der Waals surface area contributed by atoms with Gasteiger partial charge in [-0.1, -0.05) is 42.5 Å². The van der Waals surface area contributed by atoms with Crippen molar-refractivity contribution < 1.29 is 38.6 Å². The molecule has 1 saturated heterocycles. The molecule has 0 unspecified atom stereocenters. The number of hydrogen-bond donors (Lipinski definition) is 3. The highest BCUT2D eigenvalue weighted by Crippen LogP contribution is 2.37. The number of phenols is 1. The zero-order chi connectivity index (χ0) is 27.5. The molecule has 2 aromatic rings. The van der Waals surface area contributed by atoms with Crippen molar-refractivity contribution in [1.82, 2.24) is 10.2 Å². The van der Waals surface area contributed by atoms with Gasteiger partial charge in [0.15, 0.2) is 0 Å². The first-order valence-electron chi connectivity index (χ1n) is 11.9. The lowest BCUT2D eigenvalue weighted by molar-refractivity contribution is -0.142. The molecule has 2 aromatic carbocycles. The fourth-order valence-electron chi connectivity index (χ4n) is 3.73. The normalized spacial score (nSPS) is 17.5. The second-order valence-electron chi connectivity index (χ2n) is 10.0. The number of benzene rings is 2. The van der Waals surface area contributed by atoms with Crippen LogP contribution < -0.4 is 10.8 Å². The molecule has 0 spiro atoms. The number of aromatic hydroxyl groups is 1. The van der Waals surface area contributed by atoms with E-state index < -0.39 is 48.4 Å². The van der Waals surface area contributed by atoms with Gasteiger partial charge in [0.2, 0.25) is 5.91 Å². The molecular formula is C26H33BN2O8. The number of carboxylic acids is 1. The van der Waals surface area contributed by atoms with E-state index in [1.807, 2.05) is 45.9 Å². The van der Waals surface area contributed by atoms with Crippen molar-refractivity contribution in [3.8, 4) is 5.75 Å². The molecule has 3 rings (SSSR count). The van der Waals surface area contributed by atoms with Crippen LogP contribution >= 0.6 is 0 Å². The number of carbonyl (C=O) groups is 3. The van der Waals surface area contributed by atoms with Crippen LogP contribution in [0.5, 0.6) is 5.75 Å². The molecular weight excluding hydrogens is 479 g/mol. The summed E-state index contributed by atoms with van der Waals surface area (Å²) in [6, 6.07) is 10.9. The topological polar surface area (TPSA) is 135 Å². The van der Waals surface area contributed by atoms with E-state index in [1.165, 1.54) is 32.2 Å². The van der Waals surface area contributed by atoms with E-state index in [1.54, 1.807) is 12.1 Å². The molecule has 1 aliphatic rings. The zero-order valence-electron chi connectivity index (χ0n) is 21.8. The summed E-state index contributed by atoms with van der Waals surface area (Å²) in [4.78, 5) is 38.6. The average Bonchev–Trinajstić information content (AvgIpc) is 3.05. The first kappa shape index (κ1) is 28.0. The number of nitrogens with one attached hydrogen (secondary N) is 1. The molecule has 2 atom stereocenters.